The van der Waals surface area contributed by atoms with E-state index in [9.17, 15) is 51.8 Å². The van der Waals surface area contributed by atoms with E-state index in [1.54, 1.807) is 25.1 Å². The Balaban J connectivity index is 1.34. The SMILES string of the molecule is CCCC(NC(=O)[C@@H]1C[C@@H](OCc2ccccc2)CN1C(=O)C(NC(=O)c1ccccc1C(F)(F)F)C1CCCCC1)C(=O)C(=O)NCC(=O)NC(C(=O)O)c1ccccc1. The quantitative estimate of drug-likeness (QED) is 0.115. The number of nitrogens with one attached hydrogen (secondary N) is 4. The van der Waals surface area contributed by atoms with Gasteiger partial charge in [0.05, 0.1) is 36.4 Å². The fourth-order valence-electron chi connectivity index (χ4n) is 7.75. The first-order chi connectivity index (χ1) is 29.2. The van der Waals surface area contributed by atoms with Crippen molar-refractivity contribution in [1.29, 1.82) is 0 Å². The third kappa shape index (κ3) is 12.5. The number of hydrogen-bond donors (Lipinski definition) is 5. The molecule has 5 rings (SSSR count). The lowest BCUT2D eigenvalue weighted by Gasteiger charge is -2.35. The Morgan fingerprint density at radius 1 is 0.836 bits per heavy atom. The maximum atomic E-state index is 14.7. The van der Waals surface area contributed by atoms with Crippen LogP contribution in [-0.4, -0.2) is 88.6 Å². The van der Waals surface area contributed by atoms with Crippen LogP contribution in [0.15, 0.2) is 84.9 Å². The number of nitrogens with zero attached hydrogens (tertiary/aromatic N) is 1. The van der Waals surface area contributed by atoms with E-state index in [0.717, 1.165) is 30.2 Å². The molecule has 14 nitrogen and oxygen atoms in total. The second-order valence-corrected chi connectivity index (χ2v) is 15.2. The van der Waals surface area contributed by atoms with Crippen LogP contribution in [0.4, 0.5) is 13.2 Å². The van der Waals surface area contributed by atoms with E-state index in [1.807, 2.05) is 30.3 Å². The molecule has 61 heavy (non-hydrogen) atoms. The number of carbonyl (C=O) groups excluding carboxylic acids is 6. The Hall–Kier alpha value is -6.10. The predicted octanol–water partition coefficient (Wildman–Crippen LogP) is 4.48. The molecule has 1 saturated heterocycles. The number of ether oxygens (including phenoxy) is 1. The Morgan fingerprint density at radius 3 is 2.11 bits per heavy atom. The van der Waals surface area contributed by atoms with Gasteiger partial charge in [0.2, 0.25) is 23.5 Å². The summed E-state index contributed by atoms with van der Waals surface area (Å²) in [6.45, 7) is 0.966. The van der Waals surface area contributed by atoms with Crippen LogP contribution >= 0.6 is 0 Å². The lowest BCUT2D eigenvalue weighted by Crippen LogP contribution is -2.58. The van der Waals surface area contributed by atoms with Gasteiger partial charge in [-0.1, -0.05) is 105 Å². The van der Waals surface area contributed by atoms with Crippen LogP contribution in [0.25, 0.3) is 0 Å². The molecule has 5 amide bonds. The molecule has 1 aliphatic heterocycles. The Kier molecular flexibility index (Phi) is 16.1. The monoisotopic (exact) mass is 849 g/mol. The van der Waals surface area contributed by atoms with E-state index < -0.39 is 101 Å². The fourth-order valence-corrected chi connectivity index (χ4v) is 7.75. The second-order valence-electron chi connectivity index (χ2n) is 15.2. The second kappa shape index (κ2) is 21.4. The number of rotatable bonds is 18. The van der Waals surface area contributed by atoms with E-state index in [0.29, 0.717) is 32.1 Å². The van der Waals surface area contributed by atoms with Gasteiger partial charge in [0.15, 0.2) is 6.04 Å². The molecule has 3 aromatic rings. The van der Waals surface area contributed by atoms with Gasteiger partial charge in [0, 0.05) is 13.0 Å². The third-order valence-electron chi connectivity index (χ3n) is 10.9. The molecule has 2 fully saturated rings. The molecule has 5 N–H and O–H groups in total. The van der Waals surface area contributed by atoms with Crippen LogP contribution < -0.4 is 21.3 Å². The molecule has 0 radical (unpaired) electrons. The molecule has 1 saturated carbocycles. The highest BCUT2D eigenvalue weighted by Crippen LogP contribution is 2.34. The molecule has 5 atom stereocenters. The summed E-state index contributed by atoms with van der Waals surface area (Å²) >= 11 is 0. The van der Waals surface area contributed by atoms with Gasteiger partial charge in [-0.15, -0.1) is 0 Å². The van der Waals surface area contributed by atoms with Crippen molar-refractivity contribution in [3.8, 4) is 0 Å². The molecule has 0 spiro atoms. The average molecular weight is 850 g/mol. The minimum Gasteiger partial charge on any atom is -0.479 e. The predicted molar refractivity (Wildman–Crippen MR) is 214 cm³/mol. The Bertz CT molecular complexity index is 2030. The van der Waals surface area contributed by atoms with E-state index in [2.05, 4.69) is 21.3 Å². The van der Waals surface area contributed by atoms with Gasteiger partial charge < -0.3 is 36.0 Å². The molecule has 0 aromatic heterocycles. The lowest BCUT2D eigenvalue weighted by atomic mass is 9.83. The molecule has 3 aromatic carbocycles. The number of carboxylic acids is 1. The third-order valence-corrected chi connectivity index (χ3v) is 10.9. The summed E-state index contributed by atoms with van der Waals surface area (Å²) in [6.07, 6.45) is -1.98. The van der Waals surface area contributed by atoms with Crippen molar-refractivity contribution < 1.29 is 56.6 Å². The number of Topliss-reactive ketones (excluding diaryl/α,β-unsaturated/α-hetero) is 1. The van der Waals surface area contributed by atoms with Crippen LogP contribution in [0.1, 0.15) is 91.4 Å². The van der Waals surface area contributed by atoms with Crippen molar-refractivity contribution in [2.45, 2.75) is 101 Å². The summed E-state index contributed by atoms with van der Waals surface area (Å²) in [5.41, 5.74) is -0.722. The molecule has 0 bridgehead atoms. The zero-order valence-corrected chi connectivity index (χ0v) is 33.6. The highest BCUT2D eigenvalue weighted by atomic mass is 19.4. The van der Waals surface area contributed by atoms with Crippen molar-refractivity contribution >= 4 is 41.3 Å². The maximum absolute atomic E-state index is 14.7. The first-order valence-corrected chi connectivity index (χ1v) is 20.3. The fraction of sp³-hybridized carbons (Fsp3) is 0.432. The van der Waals surface area contributed by atoms with Crippen LogP contribution in [0.2, 0.25) is 0 Å². The van der Waals surface area contributed by atoms with E-state index in [1.165, 1.54) is 23.1 Å². The number of ketones is 1. The highest BCUT2D eigenvalue weighted by Gasteiger charge is 2.46. The molecule has 1 heterocycles. The maximum Gasteiger partial charge on any atom is 0.417 e. The van der Waals surface area contributed by atoms with Gasteiger partial charge in [-0.25, -0.2) is 4.79 Å². The summed E-state index contributed by atoms with van der Waals surface area (Å²) in [5, 5.41) is 19.3. The van der Waals surface area contributed by atoms with Crippen molar-refractivity contribution in [3.63, 3.8) is 0 Å². The van der Waals surface area contributed by atoms with Crippen molar-refractivity contribution in [1.82, 2.24) is 26.2 Å². The van der Waals surface area contributed by atoms with Crippen molar-refractivity contribution in [2.75, 3.05) is 13.1 Å². The van der Waals surface area contributed by atoms with E-state index >= 15 is 0 Å². The van der Waals surface area contributed by atoms with Crippen LogP contribution in [0.3, 0.4) is 0 Å². The standard InChI is InChI=1S/C44H50F3N5O9/c1-2-14-33(38(54)41(57)48-24-35(53)50-37(43(59)60)29-19-10-5-11-20-29)49-40(56)34-23-30(61-26-27-15-6-3-7-16-27)25-52(34)42(58)36(28-17-8-4-9-18-28)51-39(55)31-21-12-13-22-32(31)44(45,46)47/h3,5-7,10-13,15-16,19-22,28,30,33-34,36-37H,2,4,8-9,14,17-18,23-26H2,1H3,(H,48,57)(H,49,56)(H,50,53)(H,51,55)(H,59,60)/t30-,33?,34+,36?,37?/m1/s1. The van der Waals surface area contributed by atoms with Gasteiger partial charge in [0.1, 0.15) is 12.1 Å². The number of aliphatic carboxylic acids is 1. The van der Waals surface area contributed by atoms with Crippen LogP contribution in [-0.2, 0) is 46.3 Å². The van der Waals surface area contributed by atoms with Gasteiger partial charge in [-0.3, -0.25) is 28.8 Å². The zero-order chi connectivity index (χ0) is 44.1. The smallest absolute Gasteiger partial charge is 0.417 e. The van der Waals surface area contributed by atoms with Crippen LogP contribution in [0, 0.1) is 5.92 Å². The largest absolute Gasteiger partial charge is 0.479 e. The molecular formula is C44H50F3N5O9. The number of hydrogen-bond acceptors (Lipinski definition) is 8. The zero-order valence-electron chi connectivity index (χ0n) is 33.6. The summed E-state index contributed by atoms with van der Waals surface area (Å²) in [6, 6.07) is 15.9. The molecule has 2 aliphatic rings. The number of likely N-dealkylation sites (tertiary alicyclic amines) is 1. The Morgan fingerprint density at radius 2 is 1.48 bits per heavy atom. The number of halogens is 3. The van der Waals surface area contributed by atoms with Gasteiger partial charge in [-0.2, -0.15) is 13.2 Å². The van der Waals surface area contributed by atoms with E-state index in [-0.39, 0.29) is 31.6 Å². The molecule has 326 valence electrons. The minimum atomic E-state index is -4.85. The molecular weight excluding hydrogens is 800 g/mol. The normalized spacial score (nSPS) is 18.3. The molecule has 17 heteroatoms. The summed E-state index contributed by atoms with van der Waals surface area (Å²) in [4.78, 5) is 94.7. The van der Waals surface area contributed by atoms with Crippen LogP contribution in [0.5, 0.6) is 0 Å². The van der Waals surface area contributed by atoms with Gasteiger partial charge in [-0.05, 0) is 48.4 Å². The van der Waals surface area contributed by atoms with Crippen molar-refractivity contribution in [3.05, 3.63) is 107 Å². The molecule has 3 unspecified atom stereocenters. The number of benzene rings is 3. The summed E-state index contributed by atoms with van der Waals surface area (Å²) in [7, 11) is 0. The summed E-state index contributed by atoms with van der Waals surface area (Å²) in [5.74, 6) is -7.61. The first-order valence-electron chi connectivity index (χ1n) is 20.3. The topological polar surface area (TPSA) is 200 Å². The minimum absolute atomic E-state index is 0.00669. The van der Waals surface area contributed by atoms with Crippen molar-refractivity contribution in [2.24, 2.45) is 5.92 Å². The van der Waals surface area contributed by atoms with Gasteiger partial charge in [0.25, 0.3) is 11.8 Å². The number of alkyl halides is 3. The van der Waals surface area contributed by atoms with E-state index in [4.69, 9.17) is 4.74 Å². The van der Waals surface area contributed by atoms with Gasteiger partial charge >= 0.3 is 12.1 Å². The molecule has 1 aliphatic carbocycles. The highest BCUT2D eigenvalue weighted by molar-refractivity contribution is 6.38. The number of carboxylic acid groups (broad SMARTS) is 1. The lowest BCUT2D eigenvalue weighted by molar-refractivity contribution is -0.144. The number of carbonyl (C=O) groups is 7. The summed E-state index contributed by atoms with van der Waals surface area (Å²) < 4.78 is 48.0. The first kappa shape index (κ1) is 46.0. The number of amides is 5. The average Bonchev–Trinajstić information content (AvgIpc) is 3.70. The Labute approximate surface area is 351 Å².